The lowest BCUT2D eigenvalue weighted by Crippen LogP contribution is -2.49. The summed E-state index contributed by atoms with van der Waals surface area (Å²) >= 11 is 0. The third-order valence-corrected chi connectivity index (χ3v) is 7.60. The van der Waals surface area contributed by atoms with Crippen molar-refractivity contribution in [2.75, 3.05) is 11.5 Å². The van der Waals surface area contributed by atoms with Gasteiger partial charge in [-0.15, -0.1) is 24.0 Å². The highest BCUT2D eigenvalue weighted by atomic mass is 127. The SMILES string of the molecule is I.O=[N+]([O-])c1ccc(CN=C(NC2CCc3ccccc3C2)NC2CCS(=O)(=O)C2)cc1. The number of nitro benzene ring substituents is 1. The lowest BCUT2D eigenvalue weighted by atomic mass is 9.88. The van der Waals surface area contributed by atoms with Crippen LogP contribution in [0.5, 0.6) is 0 Å². The van der Waals surface area contributed by atoms with Crippen LogP contribution in [0.3, 0.4) is 0 Å². The van der Waals surface area contributed by atoms with E-state index in [4.69, 9.17) is 0 Å². The Balaban J connectivity index is 0.00000289. The molecule has 10 heteroatoms. The summed E-state index contributed by atoms with van der Waals surface area (Å²) in [4.78, 5) is 15.1. The van der Waals surface area contributed by atoms with Crippen LogP contribution < -0.4 is 10.6 Å². The molecular formula is C22H27IN4O4S. The summed E-state index contributed by atoms with van der Waals surface area (Å²) in [5.41, 5.74) is 3.59. The first-order chi connectivity index (χ1) is 14.9. The highest BCUT2D eigenvalue weighted by Crippen LogP contribution is 2.21. The zero-order valence-corrected chi connectivity index (χ0v) is 20.7. The molecule has 0 spiro atoms. The van der Waals surface area contributed by atoms with Gasteiger partial charge in [0, 0.05) is 24.2 Å². The third-order valence-electron chi connectivity index (χ3n) is 5.83. The maximum Gasteiger partial charge on any atom is 0.269 e. The smallest absolute Gasteiger partial charge is 0.269 e. The molecule has 2 aromatic rings. The fourth-order valence-corrected chi connectivity index (χ4v) is 5.82. The van der Waals surface area contributed by atoms with Gasteiger partial charge in [-0.05, 0) is 42.4 Å². The predicted octanol–water partition coefficient (Wildman–Crippen LogP) is 2.99. The molecule has 172 valence electrons. The maximum atomic E-state index is 11.9. The molecule has 1 aliphatic carbocycles. The maximum absolute atomic E-state index is 11.9. The van der Waals surface area contributed by atoms with Gasteiger partial charge >= 0.3 is 0 Å². The molecule has 2 aliphatic rings. The molecule has 2 atom stereocenters. The fourth-order valence-electron chi connectivity index (χ4n) is 4.14. The summed E-state index contributed by atoms with van der Waals surface area (Å²) in [5.74, 6) is 0.889. The van der Waals surface area contributed by atoms with Gasteiger partial charge in [-0.3, -0.25) is 10.1 Å². The number of aliphatic imine (C=N–C) groups is 1. The summed E-state index contributed by atoms with van der Waals surface area (Å²) in [7, 11) is -3.00. The number of guanidine groups is 1. The average Bonchev–Trinajstić information content (AvgIpc) is 3.10. The molecule has 32 heavy (non-hydrogen) atoms. The zero-order chi connectivity index (χ0) is 21.8. The van der Waals surface area contributed by atoms with Crippen molar-refractivity contribution in [2.24, 2.45) is 4.99 Å². The molecule has 0 bridgehead atoms. The van der Waals surface area contributed by atoms with Crippen LogP contribution >= 0.6 is 24.0 Å². The summed E-state index contributed by atoms with van der Waals surface area (Å²) in [6, 6.07) is 14.8. The number of hydrogen-bond donors (Lipinski definition) is 2. The van der Waals surface area contributed by atoms with Gasteiger partial charge in [-0.1, -0.05) is 36.4 Å². The lowest BCUT2D eigenvalue weighted by Gasteiger charge is -2.28. The summed E-state index contributed by atoms with van der Waals surface area (Å²) in [5, 5.41) is 17.6. The van der Waals surface area contributed by atoms with Crippen molar-refractivity contribution in [3.63, 3.8) is 0 Å². The van der Waals surface area contributed by atoms with E-state index in [-0.39, 0.29) is 53.3 Å². The van der Waals surface area contributed by atoms with Gasteiger partial charge in [0.2, 0.25) is 0 Å². The van der Waals surface area contributed by atoms with E-state index < -0.39 is 14.8 Å². The molecule has 8 nitrogen and oxygen atoms in total. The van der Waals surface area contributed by atoms with E-state index in [0.717, 1.165) is 24.8 Å². The van der Waals surface area contributed by atoms with E-state index in [1.165, 1.54) is 23.3 Å². The molecule has 2 N–H and O–H groups in total. The number of nitrogens with one attached hydrogen (secondary N) is 2. The number of benzene rings is 2. The number of sulfone groups is 1. The first-order valence-corrected chi connectivity index (χ1v) is 12.3. The Labute approximate surface area is 205 Å². The molecule has 1 fully saturated rings. The van der Waals surface area contributed by atoms with Crippen LogP contribution in [0, 0.1) is 10.1 Å². The number of halogens is 1. The number of rotatable bonds is 5. The average molecular weight is 570 g/mol. The lowest BCUT2D eigenvalue weighted by molar-refractivity contribution is -0.384. The van der Waals surface area contributed by atoms with E-state index in [1.807, 2.05) is 6.07 Å². The van der Waals surface area contributed by atoms with Crippen LogP contribution in [0.4, 0.5) is 5.69 Å². The second kappa shape index (κ2) is 10.6. The van der Waals surface area contributed by atoms with Crippen LogP contribution in [0.25, 0.3) is 0 Å². The van der Waals surface area contributed by atoms with E-state index in [1.54, 1.807) is 12.1 Å². The van der Waals surface area contributed by atoms with E-state index >= 15 is 0 Å². The second-order valence-electron chi connectivity index (χ2n) is 8.19. The van der Waals surface area contributed by atoms with Crippen molar-refractivity contribution in [3.05, 3.63) is 75.3 Å². The van der Waals surface area contributed by atoms with E-state index in [0.29, 0.717) is 18.9 Å². The summed E-state index contributed by atoms with van der Waals surface area (Å²) in [6.45, 7) is 0.343. The Morgan fingerprint density at radius 1 is 1.03 bits per heavy atom. The number of fused-ring (bicyclic) bond motifs is 1. The largest absolute Gasteiger partial charge is 0.353 e. The molecule has 2 unspecified atom stereocenters. The molecule has 1 aliphatic heterocycles. The Bertz CT molecular complexity index is 1090. The van der Waals surface area contributed by atoms with Crippen molar-refractivity contribution < 1.29 is 13.3 Å². The van der Waals surface area contributed by atoms with Crippen molar-refractivity contribution in [1.29, 1.82) is 0 Å². The first-order valence-electron chi connectivity index (χ1n) is 10.5. The van der Waals surface area contributed by atoms with Crippen molar-refractivity contribution in [3.8, 4) is 0 Å². The van der Waals surface area contributed by atoms with Crippen LogP contribution in [-0.2, 0) is 29.2 Å². The standard InChI is InChI=1S/C22H26N4O4S.HI/c27-26(28)21-9-5-16(6-10-21)14-23-22(25-20-11-12-31(29,30)15-20)24-19-8-7-17-3-1-2-4-18(17)13-19;/h1-6,9-10,19-20H,7-8,11-15H2,(H2,23,24,25);1H. The van der Waals surface area contributed by atoms with Gasteiger partial charge in [0.1, 0.15) is 0 Å². The fraction of sp³-hybridized carbons (Fsp3) is 0.409. The number of aryl methyl sites for hydroxylation is 1. The molecule has 4 rings (SSSR count). The quantitative estimate of drug-likeness (QED) is 0.188. The van der Waals surface area contributed by atoms with E-state index in [2.05, 4.69) is 33.8 Å². The summed E-state index contributed by atoms with van der Waals surface area (Å²) < 4.78 is 23.7. The van der Waals surface area contributed by atoms with Crippen molar-refractivity contribution in [1.82, 2.24) is 10.6 Å². The van der Waals surface area contributed by atoms with Crippen LogP contribution in [0.2, 0.25) is 0 Å². The second-order valence-corrected chi connectivity index (χ2v) is 10.4. The molecule has 0 amide bonds. The molecular weight excluding hydrogens is 543 g/mol. The van der Waals surface area contributed by atoms with Crippen LogP contribution in [-0.4, -0.2) is 42.9 Å². The minimum atomic E-state index is -3.00. The minimum absolute atomic E-state index is 0. The summed E-state index contributed by atoms with van der Waals surface area (Å²) in [6.07, 6.45) is 3.41. The topological polar surface area (TPSA) is 114 Å². The van der Waals surface area contributed by atoms with Crippen LogP contribution in [0.1, 0.15) is 29.5 Å². The molecule has 1 saturated heterocycles. The molecule has 0 saturated carbocycles. The molecule has 0 aromatic heterocycles. The van der Waals surface area contributed by atoms with Gasteiger partial charge in [-0.25, -0.2) is 13.4 Å². The van der Waals surface area contributed by atoms with Crippen LogP contribution in [0.15, 0.2) is 53.5 Å². The van der Waals surface area contributed by atoms with Gasteiger partial charge < -0.3 is 10.6 Å². The van der Waals surface area contributed by atoms with Gasteiger partial charge in [-0.2, -0.15) is 0 Å². The third kappa shape index (κ3) is 6.41. The van der Waals surface area contributed by atoms with Gasteiger partial charge in [0.25, 0.3) is 5.69 Å². The zero-order valence-electron chi connectivity index (χ0n) is 17.6. The normalized spacial score (nSPS) is 21.8. The first kappa shape index (κ1) is 24.4. The number of nitrogens with zero attached hydrogens (tertiary/aromatic N) is 2. The Kier molecular flexibility index (Phi) is 8.10. The van der Waals surface area contributed by atoms with Gasteiger partial charge in [0.15, 0.2) is 15.8 Å². The molecule has 0 radical (unpaired) electrons. The highest BCUT2D eigenvalue weighted by molar-refractivity contribution is 14.0. The Hall–Kier alpha value is -2.21. The number of nitro groups is 1. The molecule has 1 heterocycles. The highest BCUT2D eigenvalue weighted by Gasteiger charge is 2.29. The number of non-ortho nitro benzene ring substituents is 1. The Morgan fingerprint density at radius 3 is 2.38 bits per heavy atom. The predicted molar refractivity (Wildman–Crippen MR) is 135 cm³/mol. The van der Waals surface area contributed by atoms with Crippen molar-refractivity contribution >= 4 is 45.5 Å². The molecule has 2 aromatic carbocycles. The van der Waals surface area contributed by atoms with E-state index in [9.17, 15) is 18.5 Å². The number of hydrogen-bond acceptors (Lipinski definition) is 5. The Morgan fingerprint density at radius 2 is 1.72 bits per heavy atom. The minimum Gasteiger partial charge on any atom is -0.353 e. The van der Waals surface area contributed by atoms with Gasteiger partial charge in [0.05, 0.1) is 23.0 Å². The monoisotopic (exact) mass is 570 g/mol. The van der Waals surface area contributed by atoms with Crippen molar-refractivity contribution in [2.45, 2.75) is 44.3 Å².